The van der Waals surface area contributed by atoms with E-state index in [0.29, 0.717) is 31.6 Å². The molecule has 0 aromatic heterocycles. The number of ether oxygens (including phenoxy) is 1. The van der Waals surface area contributed by atoms with Gasteiger partial charge in [-0.2, -0.15) is 0 Å². The number of rotatable bonds is 4. The minimum absolute atomic E-state index is 0.0421. The Bertz CT molecular complexity index is 663. The maximum atomic E-state index is 13.8. The maximum absolute atomic E-state index is 13.8. The van der Waals surface area contributed by atoms with Gasteiger partial charge in [0.25, 0.3) is 0 Å². The van der Waals surface area contributed by atoms with Crippen molar-refractivity contribution in [1.82, 2.24) is 5.32 Å². The van der Waals surface area contributed by atoms with Crippen LogP contribution in [0.2, 0.25) is 0 Å². The zero-order chi connectivity index (χ0) is 18.8. The lowest BCUT2D eigenvalue weighted by atomic mass is 9.65. The van der Waals surface area contributed by atoms with E-state index in [4.69, 9.17) is 10.5 Å². The number of carbonyl (C=O) groups excluding carboxylic acids is 1. The Morgan fingerprint density at radius 3 is 2.63 bits per heavy atom. The first kappa shape index (κ1) is 18.7. The molecule has 27 heavy (non-hydrogen) atoms. The number of fused-ring (bicyclic) bond motifs is 2. The molecule has 1 aromatic rings. The molecule has 1 heterocycles. The fraction of sp³-hybridized carbons (Fsp3) is 0.667. The Morgan fingerprint density at radius 1 is 1.22 bits per heavy atom. The summed E-state index contributed by atoms with van der Waals surface area (Å²) in [6.45, 7) is 3.29. The summed E-state index contributed by atoms with van der Waals surface area (Å²) in [6, 6.07) is 5.10. The first-order valence-electron chi connectivity index (χ1n) is 10.3. The van der Waals surface area contributed by atoms with Gasteiger partial charge in [-0.1, -0.05) is 6.42 Å². The smallest absolute Gasteiger partial charge is 0.223 e. The number of nitrogens with zero attached hydrogens (tertiary/aromatic N) is 1. The average Bonchev–Trinajstić information content (AvgIpc) is 2.66. The lowest BCUT2D eigenvalue weighted by Crippen LogP contribution is -2.49. The van der Waals surface area contributed by atoms with Crippen molar-refractivity contribution >= 4 is 11.6 Å². The molecule has 3 N–H and O–H groups in total. The molecular formula is C21H30FN3O2. The van der Waals surface area contributed by atoms with Gasteiger partial charge >= 0.3 is 0 Å². The fourth-order valence-electron chi connectivity index (χ4n) is 5.14. The third-order valence-corrected chi connectivity index (χ3v) is 6.63. The molecule has 2 saturated carbocycles. The molecule has 3 fully saturated rings. The van der Waals surface area contributed by atoms with Crippen LogP contribution in [-0.4, -0.2) is 38.3 Å². The number of morpholine rings is 1. The van der Waals surface area contributed by atoms with Gasteiger partial charge in [-0.05, 0) is 61.3 Å². The normalized spacial score (nSPS) is 30.8. The van der Waals surface area contributed by atoms with E-state index in [-0.39, 0.29) is 23.7 Å². The van der Waals surface area contributed by atoms with Gasteiger partial charge in [-0.3, -0.25) is 4.79 Å². The van der Waals surface area contributed by atoms with E-state index in [1.807, 2.05) is 6.07 Å². The molecule has 3 aliphatic rings. The van der Waals surface area contributed by atoms with E-state index in [2.05, 4.69) is 10.2 Å². The highest BCUT2D eigenvalue weighted by Crippen LogP contribution is 2.41. The van der Waals surface area contributed by atoms with E-state index in [9.17, 15) is 9.18 Å². The predicted molar refractivity (Wildman–Crippen MR) is 103 cm³/mol. The minimum atomic E-state index is -0.269. The van der Waals surface area contributed by atoms with Crippen LogP contribution in [0.1, 0.15) is 37.7 Å². The predicted octanol–water partition coefficient (Wildman–Crippen LogP) is 2.43. The Labute approximate surface area is 160 Å². The largest absolute Gasteiger partial charge is 0.378 e. The highest BCUT2D eigenvalue weighted by atomic mass is 19.1. The van der Waals surface area contributed by atoms with Crippen LogP contribution in [0, 0.1) is 23.6 Å². The van der Waals surface area contributed by atoms with Crippen LogP contribution in [-0.2, 0) is 16.1 Å². The lowest BCUT2D eigenvalue weighted by molar-refractivity contribution is -0.128. The van der Waals surface area contributed by atoms with Crippen LogP contribution in [0.15, 0.2) is 18.2 Å². The molecule has 1 aromatic carbocycles. The van der Waals surface area contributed by atoms with Crippen molar-refractivity contribution in [3.8, 4) is 0 Å². The highest BCUT2D eigenvalue weighted by Gasteiger charge is 2.40. The standard InChI is InChI=1S/C21H30FN3O2/c22-18-4-5-19(25-6-8-27-9-7-25)17(12-18)13-24-21(26)16-10-14-2-1-3-15(11-16)20(14)23/h4-5,12,14-16,20H,1-3,6-11,13,23H2,(H,24,26). The van der Waals surface area contributed by atoms with E-state index in [1.54, 1.807) is 0 Å². The summed E-state index contributed by atoms with van der Waals surface area (Å²) in [7, 11) is 0. The Hall–Kier alpha value is -1.66. The Kier molecular flexibility index (Phi) is 5.64. The van der Waals surface area contributed by atoms with Crippen LogP contribution in [0.5, 0.6) is 0 Å². The number of anilines is 1. The van der Waals surface area contributed by atoms with Crippen molar-refractivity contribution in [2.24, 2.45) is 23.5 Å². The summed E-state index contributed by atoms with van der Waals surface area (Å²) in [5.74, 6) is 0.823. The quantitative estimate of drug-likeness (QED) is 0.848. The van der Waals surface area contributed by atoms with E-state index in [0.717, 1.165) is 50.0 Å². The minimum Gasteiger partial charge on any atom is -0.378 e. The number of nitrogens with one attached hydrogen (secondary N) is 1. The molecule has 1 saturated heterocycles. The zero-order valence-corrected chi connectivity index (χ0v) is 15.8. The second-order valence-electron chi connectivity index (χ2n) is 8.29. The van der Waals surface area contributed by atoms with Crippen LogP contribution >= 0.6 is 0 Å². The van der Waals surface area contributed by atoms with Crippen LogP contribution in [0.4, 0.5) is 10.1 Å². The monoisotopic (exact) mass is 375 g/mol. The first-order valence-corrected chi connectivity index (χ1v) is 10.3. The Morgan fingerprint density at radius 2 is 1.93 bits per heavy atom. The molecule has 1 aliphatic heterocycles. The molecule has 148 valence electrons. The van der Waals surface area contributed by atoms with Gasteiger partial charge < -0.3 is 20.7 Å². The second kappa shape index (κ2) is 8.15. The van der Waals surface area contributed by atoms with Gasteiger partial charge in [0.05, 0.1) is 13.2 Å². The van der Waals surface area contributed by atoms with Crippen LogP contribution in [0.3, 0.4) is 0 Å². The van der Waals surface area contributed by atoms with Crippen molar-refractivity contribution in [3.63, 3.8) is 0 Å². The Balaban J connectivity index is 1.41. The van der Waals surface area contributed by atoms with Gasteiger partial charge in [0.1, 0.15) is 5.82 Å². The van der Waals surface area contributed by atoms with E-state index in [1.165, 1.54) is 18.6 Å². The van der Waals surface area contributed by atoms with E-state index >= 15 is 0 Å². The molecular weight excluding hydrogens is 345 g/mol. The molecule has 2 atom stereocenters. The van der Waals surface area contributed by atoms with Gasteiger partial charge in [-0.25, -0.2) is 4.39 Å². The van der Waals surface area contributed by atoms with Crippen molar-refractivity contribution in [3.05, 3.63) is 29.6 Å². The van der Waals surface area contributed by atoms with Crippen LogP contribution in [0.25, 0.3) is 0 Å². The molecule has 1 amide bonds. The fourth-order valence-corrected chi connectivity index (χ4v) is 5.14. The molecule has 5 nitrogen and oxygen atoms in total. The topological polar surface area (TPSA) is 67.6 Å². The summed E-state index contributed by atoms with van der Waals surface area (Å²) in [6.07, 6.45) is 5.31. The summed E-state index contributed by atoms with van der Waals surface area (Å²) in [4.78, 5) is 15.0. The molecule has 2 bridgehead atoms. The third-order valence-electron chi connectivity index (χ3n) is 6.63. The molecule has 6 heteroatoms. The zero-order valence-electron chi connectivity index (χ0n) is 15.8. The number of nitrogens with two attached hydrogens (primary N) is 1. The second-order valence-corrected chi connectivity index (χ2v) is 8.29. The van der Waals surface area contributed by atoms with E-state index < -0.39 is 0 Å². The first-order chi connectivity index (χ1) is 13.1. The van der Waals surface area contributed by atoms with Gasteiger partial charge in [-0.15, -0.1) is 0 Å². The van der Waals surface area contributed by atoms with Crippen molar-refractivity contribution in [2.45, 2.75) is 44.7 Å². The number of carbonyl (C=O) groups is 1. The third kappa shape index (κ3) is 4.11. The summed E-state index contributed by atoms with van der Waals surface area (Å²) < 4.78 is 19.2. The van der Waals surface area contributed by atoms with Crippen molar-refractivity contribution in [1.29, 1.82) is 0 Å². The number of halogens is 1. The number of hydrogen-bond acceptors (Lipinski definition) is 4. The van der Waals surface area contributed by atoms with Crippen LogP contribution < -0.4 is 16.0 Å². The molecule has 2 aliphatic carbocycles. The summed E-state index contributed by atoms with van der Waals surface area (Å²) in [5, 5.41) is 3.08. The summed E-state index contributed by atoms with van der Waals surface area (Å²) >= 11 is 0. The molecule has 2 unspecified atom stereocenters. The molecule has 0 radical (unpaired) electrons. The molecule has 0 spiro atoms. The average molecular weight is 375 g/mol. The SMILES string of the molecule is NC1C2CCCC1CC(C(=O)NCc1cc(F)ccc1N1CCOCC1)C2. The number of benzene rings is 1. The van der Waals surface area contributed by atoms with Gasteiger partial charge in [0.2, 0.25) is 5.91 Å². The van der Waals surface area contributed by atoms with Gasteiger partial charge in [0.15, 0.2) is 0 Å². The number of hydrogen-bond donors (Lipinski definition) is 2. The molecule has 4 rings (SSSR count). The number of amides is 1. The lowest BCUT2D eigenvalue weighted by Gasteiger charge is -2.43. The van der Waals surface area contributed by atoms with Gasteiger partial charge in [0, 0.05) is 37.3 Å². The maximum Gasteiger partial charge on any atom is 0.223 e. The highest BCUT2D eigenvalue weighted by molar-refractivity contribution is 5.79. The van der Waals surface area contributed by atoms with Crippen molar-refractivity contribution < 1.29 is 13.9 Å². The summed E-state index contributed by atoms with van der Waals surface area (Å²) in [5.41, 5.74) is 8.16. The van der Waals surface area contributed by atoms with Crippen molar-refractivity contribution in [2.75, 3.05) is 31.2 Å².